The van der Waals surface area contributed by atoms with Crippen molar-refractivity contribution in [2.24, 2.45) is 52.3 Å². The summed E-state index contributed by atoms with van der Waals surface area (Å²) in [5.41, 5.74) is -0.242. The molecule has 36 unspecified atom stereocenters. The zero-order valence-corrected chi connectivity index (χ0v) is 46.8. The van der Waals surface area contributed by atoms with E-state index in [0.29, 0.717) is 55.5 Å². The minimum absolute atomic E-state index is 0.0286. The van der Waals surface area contributed by atoms with E-state index in [1.54, 1.807) is 0 Å². The van der Waals surface area contributed by atoms with Gasteiger partial charge in [-0.3, -0.25) is 0 Å². The Bertz CT molecular complexity index is 2130. The van der Waals surface area contributed by atoms with Gasteiger partial charge in [0.2, 0.25) is 0 Å². The van der Waals surface area contributed by atoms with Gasteiger partial charge in [-0.15, -0.1) is 0 Å². The van der Waals surface area contributed by atoms with Crippen LogP contribution in [-0.2, 0) is 56.8 Å². The molecule has 11 aliphatic rings. The third-order valence-electron chi connectivity index (χ3n) is 21.9. The third-order valence-corrected chi connectivity index (χ3v) is 21.9. The highest BCUT2D eigenvalue weighted by Gasteiger charge is 2.71. The Balaban J connectivity index is 0.786. The fraction of sp³-hybridized carbons (Fsp3) is 1.00. The Morgan fingerprint density at radius 2 is 0.976 bits per heavy atom. The summed E-state index contributed by atoms with van der Waals surface area (Å²) in [6, 6.07) is 0. The molecule has 82 heavy (non-hydrogen) atoms. The Morgan fingerprint density at radius 3 is 1.60 bits per heavy atom. The number of hydrogen-bond acceptors (Lipinski definition) is 27. The number of aliphatic hydroxyl groups is 15. The molecule has 0 bridgehead atoms. The predicted octanol–water partition coefficient (Wildman–Crippen LogP) is -4.84. The van der Waals surface area contributed by atoms with Crippen LogP contribution in [0.4, 0.5) is 0 Å². The van der Waals surface area contributed by atoms with Crippen molar-refractivity contribution in [2.45, 2.75) is 251 Å². The Hall–Kier alpha value is -1.08. The van der Waals surface area contributed by atoms with E-state index in [2.05, 4.69) is 27.7 Å². The zero-order chi connectivity index (χ0) is 58.6. The topological polar surface area (TPSA) is 414 Å². The first kappa shape index (κ1) is 62.5. The summed E-state index contributed by atoms with van der Waals surface area (Å²) in [6.07, 6.45) is -35.5. The number of aliphatic hydroxyl groups excluding tert-OH is 15. The molecular weight excluding hydrogens is 1090 g/mol. The minimum atomic E-state index is -2.12. The fourth-order valence-corrected chi connectivity index (χ4v) is 17.0. The standard InChI is InChI=1S/C55H90O27/c1-20-7-10-55(73-17-20)21(2)54(4)26-6-5-25-23(24(26)13-34(54)82-55)12-28(59)27-11-22(8-9-53(25,27)3)74-50-42(69)39(66)44(33(16-58)77-50)78-52-47(46(38(65)32(15-57)76-52)80-49-41(68)36(63)30(61)19-72-49)81-51-43(70)45(37(64)31(14-56)75-51)79-48-40(67)35(62)29(60)18-71-48/h20-52,56-70H,5-19H2,1-4H3. The van der Waals surface area contributed by atoms with Gasteiger partial charge in [0, 0.05) is 17.8 Å². The predicted molar refractivity (Wildman–Crippen MR) is 270 cm³/mol. The van der Waals surface area contributed by atoms with E-state index in [4.69, 9.17) is 56.8 Å². The lowest BCUT2D eigenvalue weighted by Crippen LogP contribution is -2.69. The summed E-state index contributed by atoms with van der Waals surface area (Å²) < 4.78 is 73.1. The maximum Gasteiger partial charge on any atom is 0.187 e. The SMILES string of the molecule is CC1CCC2(OC1)OC1CC3C4CC(O)C5CC(OC6OC(CO)C(OC7OC(CO)C(O)C(OC8OCC(O)C(O)C8O)C7OC7OC(CO)C(O)C(OC8OCC(O)C(O)C8O)C7O)C(O)C6O)CCC5(C)C4CCC3C1(C)C2C. The number of rotatable bonds is 13. The summed E-state index contributed by atoms with van der Waals surface area (Å²) in [4.78, 5) is 0. The van der Waals surface area contributed by atoms with E-state index >= 15 is 0 Å². The largest absolute Gasteiger partial charge is 0.394 e. The van der Waals surface area contributed by atoms with Gasteiger partial charge in [-0.05, 0) is 92.3 Å². The van der Waals surface area contributed by atoms with Gasteiger partial charge in [-0.1, -0.05) is 27.7 Å². The molecule has 15 N–H and O–H groups in total. The lowest BCUT2D eigenvalue weighted by atomic mass is 9.45. The molecule has 7 heterocycles. The van der Waals surface area contributed by atoms with Crippen molar-refractivity contribution < 1.29 is 133 Å². The first-order valence-corrected chi connectivity index (χ1v) is 29.8. The molecular formula is C55H90O27. The highest BCUT2D eigenvalue weighted by molar-refractivity contribution is 5.17. The maximum atomic E-state index is 12.2. The van der Waals surface area contributed by atoms with Gasteiger partial charge in [0.1, 0.15) is 110 Å². The summed E-state index contributed by atoms with van der Waals surface area (Å²) in [5.74, 6) is 1.62. The molecule has 11 fully saturated rings. The monoisotopic (exact) mass is 1180 g/mol. The molecule has 1 spiro atoms. The quantitative estimate of drug-likeness (QED) is 0.0769. The normalized spacial score (nSPS) is 57.9. The van der Waals surface area contributed by atoms with Crippen LogP contribution >= 0.6 is 0 Å². The van der Waals surface area contributed by atoms with Crippen LogP contribution < -0.4 is 0 Å². The van der Waals surface area contributed by atoms with E-state index in [-0.39, 0.29) is 28.8 Å². The fourth-order valence-electron chi connectivity index (χ4n) is 17.0. The molecule has 472 valence electrons. The van der Waals surface area contributed by atoms with Crippen molar-refractivity contribution >= 4 is 0 Å². The lowest BCUT2D eigenvalue weighted by Gasteiger charge is -2.61. The Kier molecular flexibility index (Phi) is 18.6. The van der Waals surface area contributed by atoms with Crippen molar-refractivity contribution in [2.75, 3.05) is 39.6 Å². The number of ether oxygens (including phenoxy) is 12. The number of fused-ring (bicyclic) bond motifs is 7. The molecule has 4 aliphatic carbocycles. The van der Waals surface area contributed by atoms with Crippen molar-refractivity contribution in [3.8, 4) is 0 Å². The van der Waals surface area contributed by atoms with Crippen LogP contribution in [0.25, 0.3) is 0 Å². The van der Waals surface area contributed by atoms with Crippen molar-refractivity contribution in [3.63, 3.8) is 0 Å². The van der Waals surface area contributed by atoms with Crippen LogP contribution in [0.5, 0.6) is 0 Å². The average Bonchev–Trinajstić information content (AvgIpc) is 1.71. The molecule has 0 amide bonds. The van der Waals surface area contributed by atoms with Crippen LogP contribution in [0.2, 0.25) is 0 Å². The summed E-state index contributed by atoms with van der Waals surface area (Å²) >= 11 is 0. The van der Waals surface area contributed by atoms with Gasteiger partial charge in [0.15, 0.2) is 37.2 Å². The molecule has 0 aromatic heterocycles. The van der Waals surface area contributed by atoms with Gasteiger partial charge >= 0.3 is 0 Å². The van der Waals surface area contributed by atoms with E-state index in [1.165, 1.54) is 0 Å². The van der Waals surface area contributed by atoms with Gasteiger partial charge < -0.3 is 133 Å². The first-order chi connectivity index (χ1) is 39.0. The molecule has 36 atom stereocenters. The van der Waals surface area contributed by atoms with Gasteiger partial charge in [0.05, 0.1) is 58.0 Å². The zero-order valence-electron chi connectivity index (χ0n) is 46.8. The minimum Gasteiger partial charge on any atom is -0.394 e. The Labute approximate surface area is 475 Å². The first-order valence-electron chi connectivity index (χ1n) is 29.8. The summed E-state index contributed by atoms with van der Waals surface area (Å²) in [7, 11) is 0. The summed E-state index contributed by atoms with van der Waals surface area (Å²) in [5, 5.41) is 165. The van der Waals surface area contributed by atoms with E-state index in [0.717, 1.165) is 38.5 Å². The van der Waals surface area contributed by atoms with Crippen molar-refractivity contribution in [1.82, 2.24) is 0 Å². The Morgan fingerprint density at radius 1 is 0.439 bits per heavy atom. The van der Waals surface area contributed by atoms with Crippen LogP contribution in [-0.4, -0.2) is 282 Å². The highest BCUT2D eigenvalue weighted by atomic mass is 16.8. The van der Waals surface area contributed by atoms with Crippen molar-refractivity contribution in [1.29, 1.82) is 0 Å². The molecule has 7 aliphatic heterocycles. The second-order valence-corrected chi connectivity index (χ2v) is 26.3. The van der Waals surface area contributed by atoms with Crippen LogP contribution in [0.3, 0.4) is 0 Å². The molecule has 27 nitrogen and oxygen atoms in total. The van der Waals surface area contributed by atoms with Gasteiger partial charge in [-0.2, -0.15) is 0 Å². The molecule has 7 saturated heterocycles. The maximum absolute atomic E-state index is 12.2. The van der Waals surface area contributed by atoms with Crippen LogP contribution in [0.15, 0.2) is 0 Å². The molecule has 4 saturated carbocycles. The van der Waals surface area contributed by atoms with Crippen LogP contribution in [0.1, 0.15) is 85.5 Å². The highest BCUT2D eigenvalue weighted by Crippen LogP contribution is 2.71. The smallest absolute Gasteiger partial charge is 0.187 e. The van der Waals surface area contributed by atoms with Gasteiger partial charge in [-0.25, -0.2) is 0 Å². The summed E-state index contributed by atoms with van der Waals surface area (Å²) in [6.45, 7) is 6.13. The second kappa shape index (κ2) is 24.4. The lowest BCUT2D eigenvalue weighted by molar-refractivity contribution is -0.408. The molecule has 11 rings (SSSR count). The van der Waals surface area contributed by atoms with Gasteiger partial charge in [0.25, 0.3) is 0 Å². The third kappa shape index (κ3) is 10.8. The molecule has 27 heteroatoms. The van der Waals surface area contributed by atoms with Crippen LogP contribution in [0, 0.1) is 52.3 Å². The molecule has 0 aromatic rings. The number of hydrogen-bond donors (Lipinski definition) is 15. The van der Waals surface area contributed by atoms with E-state index in [9.17, 15) is 76.6 Å². The molecule has 0 radical (unpaired) electrons. The molecule has 0 aromatic carbocycles. The average molecular weight is 1180 g/mol. The van der Waals surface area contributed by atoms with E-state index < -0.39 is 192 Å². The van der Waals surface area contributed by atoms with E-state index in [1.807, 2.05) is 0 Å². The van der Waals surface area contributed by atoms with Crippen molar-refractivity contribution in [3.05, 3.63) is 0 Å². The second-order valence-electron chi connectivity index (χ2n) is 26.3.